The highest BCUT2D eigenvalue weighted by molar-refractivity contribution is 5.94. The Morgan fingerprint density at radius 3 is 2.94 bits per heavy atom. The summed E-state index contributed by atoms with van der Waals surface area (Å²) >= 11 is 0. The number of amides is 2. The molecule has 2 aliphatic heterocycles. The molecule has 1 unspecified atom stereocenters. The molecule has 2 saturated heterocycles. The van der Waals surface area contributed by atoms with Crippen molar-refractivity contribution in [1.82, 2.24) is 9.80 Å². The fourth-order valence-corrected chi connectivity index (χ4v) is 2.34. The average molecular weight is 242 g/mol. The number of likely N-dealkylation sites (tertiary alicyclic amines) is 1. The molecular formula is C11H18N2O4. The van der Waals surface area contributed by atoms with Crippen molar-refractivity contribution in [3.05, 3.63) is 0 Å². The minimum atomic E-state index is -0.536. The molecule has 2 heterocycles. The van der Waals surface area contributed by atoms with Crippen molar-refractivity contribution >= 4 is 12.0 Å². The summed E-state index contributed by atoms with van der Waals surface area (Å²) in [6, 6.07) is 0. The lowest BCUT2D eigenvalue weighted by Gasteiger charge is -2.31. The molecule has 0 radical (unpaired) electrons. The van der Waals surface area contributed by atoms with Crippen LogP contribution in [-0.2, 0) is 9.53 Å². The summed E-state index contributed by atoms with van der Waals surface area (Å²) in [7, 11) is 0. The molecule has 0 aromatic carbocycles. The van der Waals surface area contributed by atoms with E-state index >= 15 is 0 Å². The summed E-state index contributed by atoms with van der Waals surface area (Å²) in [5.41, 5.74) is 0. The van der Waals surface area contributed by atoms with Crippen LogP contribution in [0.2, 0.25) is 0 Å². The molecule has 96 valence electrons. The number of carbonyl (C=O) groups is 2. The second-order valence-electron chi connectivity index (χ2n) is 4.59. The van der Waals surface area contributed by atoms with Gasteiger partial charge >= 0.3 is 6.09 Å². The van der Waals surface area contributed by atoms with Gasteiger partial charge < -0.3 is 9.84 Å². The van der Waals surface area contributed by atoms with E-state index in [0.717, 1.165) is 30.8 Å². The van der Waals surface area contributed by atoms with Gasteiger partial charge in [-0.1, -0.05) is 0 Å². The first-order valence-corrected chi connectivity index (χ1v) is 6.01. The fourth-order valence-electron chi connectivity index (χ4n) is 2.34. The van der Waals surface area contributed by atoms with Crippen molar-refractivity contribution < 1.29 is 19.4 Å². The number of ether oxygens (including phenoxy) is 1. The molecule has 0 spiro atoms. The van der Waals surface area contributed by atoms with Gasteiger partial charge in [0.2, 0.25) is 5.91 Å². The molecule has 2 fully saturated rings. The van der Waals surface area contributed by atoms with Crippen LogP contribution in [0.4, 0.5) is 4.79 Å². The van der Waals surface area contributed by atoms with Crippen LogP contribution in [0.5, 0.6) is 0 Å². The number of nitrogens with zero attached hydrogens (tertiary/aromatic N) is 2. The standard InChI is InChI=1S/C11H18N2O4/c14-8-9-2-1-3-12(6-9)7-10(15)13-4-5-17-11(13)16/h9,14H,1-8H2. The van der Waals surface area contributed by atoms with Gasteiger partial charge in [-0.2, -0.15) is 0 Å². The number of aliphatic hydroxyl groups is 1. The van der Waals surface area contributed by atoms with Crippen molar-refractivity contribution in [1.29, 1.82) is 0 Å². The van der Waals surface area contributed by atoms with Crippen LogP contribution in [0.25, 0.3) is 0 Å². The topological polar surface area (TPSA) is 70.1 Å². The van der Waals surface area contributed by atoms with Crippen molar-refractivity contribution in [3.63, 3.8) is 0 Å². The molecule has 17 heavy (non-hydrogen) atoms. The maximum Gasteiger partial charge on any atom is 0.416 e. The van der Waals surface area contributed by atoms with Crippen molar-refractivity contribution in [3.8, 4) is 0 Å². The second-order valence-corrected chi connectivity index (χ2v) is 4.59. The molecule has 0 aromatic rings. The molecule has 2 aliphatic rings. The number of piperidine rings is 1. The van der Waals surface area contributed by atoms with Gasteiger partial charge in [0.05, 0.1) is 13.1 Å². The van der Waals surface area contributed by atoms with Crippen LogP contribution in [-0.4, -0.2) is 66.3 Å². The quantitative estimate of drug-likeness (QED) is 0.734. The van der Waals surface area contributed by atoms with Crippen LogP contribution in [0, 0.1) is 5.92 Å². The van der Waals surface area contributed by atoms with E-state index in [2.05, 4.69) is 0 Å². The summed E-state index contributed by atoms with van der Waals surface area (Å²) in [4.78, 5) is 26.2. The van der Waals surface area contributed by atoms with Crippen LogP contribution >= 0.6 is 0 Å². The van der Waals surface area contributed by atoms with Gasteiger partial charge in [-0.25, -0.2) is 9.69 Å². The largest absolute Gasteiger partial charge is 0.447 e. The number of carbonyl (C=O) groups excluding carboxylic acids is 2. The van der Waals surface area contributed by atoms with E-state index in [-0.39, 0.29) is 25.0 Å². The molecule has 0 aliphatic carbocycles. The molecule has 0 aromatic heterocycles. The highest BCUT2D eigenvalue weighted by Gasteiger charge is 2.30. The smallest absolute Gasteiger partial charge is 0.416 e. The van der Waals surface area contributed by atoms with E-state index in [0.29, 0.717) is 13.2 Å². The van der Waals surface area contributed by atoms with Gasteiger partial charge in [-0.15, -0.1) is 0 Å². The monoisotopic (exact) mass is 242 g/mol. The molecule has 0 saturated carbocycles. The number of aliphatic hydroxyl groups excluding tert-OH is 1. The van der Waals surface area contributed by atoms with E-state index in [1.165, 1.54) is 0 Å². The van der Waals surface area contributed by atoms with Gasteiger partial charge in [0.15, 0.2) is 0 Å². The number of imide groups is 1. The lowest BCUT2D eigenvalue weighted by molar-refractivity contribution is -0.129. The zero-order valence-corrected chi connectivity index (χ0v) is 9.80. The Bertz CT molecular complexity index is 308. The van der Waals surface area contributed by atoms with E-state index in [4.69, 9.17) is 9.84 Å². The Labute approximate surface area is 100 Å². The van der Waals surface area contributed by atoms with Crippen LogP contribution in [0.3, 0.4) is 0 Å². The number of hydrogen-bond acceptors (Lipinski definition) is 5. The predicted molar refractivity (Wildman–Crippen MR) is 59.3 cm³/mol. The Morgan fingerprint density at radius 1 is 1.47 bits per heavy atom. The molecule has 1 atom stereocenters. The molecule has 2 rings (SSSR count). The highest BCUT2D eigenvalue weighted by Crippen LogP contribution is 2.16. The number of cyclic esters (lactones) is 1. The predicted octanol–water partition coefficient (Wildman–Crippen LogP) is -0.330. The molecular weight excluding hydrogens is 224 g/mol. The third-order valence-electron chi connectivity index (χ3n) is 3.28. The zero-order chi connectivity index (χ0) is 12.3. The van der Waals surface area contributed by atoms with Crippen LogP contribution < -0.4 is 0 Å². The molecule has 6 nitrogen and oxygen atoms in total. The first-order chi connectivity index (χ1) is 8.20. The first kappa shape index (κ1) is 12.3. The van der Waals surface area contributed by atoms with E-state index < -0.39 is 6.09 Å². The summed E-state index contributed by atoms with van der Waals surface area (Å²) in [5.74, 6) is 0.0492. The van der Waals surface area contributed by atoms with Crippen molar-refractivity contribution in [2.75, 3.05) is 39.4 Å². The van der Waals surface area contributed by atoms with E-state index in [1.54, 1.807) is 0 Å². The van der Waals surface area contributed by atoms with Gasteiger partial charge in [0.25, 0.3) is 0 Å². The molecule has 2 amide bonds. The van der Waals surface area contributed by atoms with Gasteiger partial charge in [0.1, 0.15) is 6.61 Å². The average Bonchev–Trinajstić information content (AvgIpc) is 2.76. The lowest BCUT2D eigenvalue weighted by atomic mass is 9.99. The normalized spacial score (nSPS) is 26.1. The van der Waals surface area contributed by atoms with E-state index in [1.807, 2.05) is 4.90 Å². The Balaban J connectivity index is 1.83. The second kappa shape index (κ2) is 5.46. The van der Waals surface area contributed by atoms with E-state index in [9.17, 15) is 9.59 Å². The minimum absolute atomic E-state index is 0.163. The summed E-state index contributed by atoms with van der Waals surface area (Å²) in [6.07, 6.45) is 1.46. The third-order valence-corrected chi connectivity index (χ3v) is 3.28. The maximum atomic E-state index is 11.8. The SMILES string of the molecule is O=C(CN1CCCC(CO)C1)N1CCOC1=O. The molecule has 1 N–H and O–H groups in total. The first-order valence-electron chi connectivity index (χ1n) is 6.01. The maximum absolute atomic E-state index is 11.8. The third kappa shape index (κ3) is 2.95. The zero-order valence-electron chi connectivity index (χ0n) is 9.80. The van der Waals surface area contributed by atoms with Crippen LogP contribution in [0.1, 0.15) is 12.8 Å². The summed E-state index contributed by atoms with van der Waals surface area (Å²) < 4.78 is 4.73. The summed E-state index contributed by atoms with van der Waals surface area (Å²) in [6.45, 7) is 2.64. The molecule has 0 bridgehead atoms. The van der Waals surface area contributed by atoms with Gasteiger partial charge in [0, 0.05) is 13.2 Å². The van der Waals surface area contributed by atoms with Crippen LogP contribution in [0.15, 0.2) is 0 Å². The fraction of sp³-hybridized carbons (Fsp3) is 0.818. The lowest BCUT2D eigenvalue weighted by Crippen LogP contribution is -2.45. The Hall–Kier alpha value is -1.14. The summed E-state index contributed by atoms with van der Waals surface area (Å²) in [5, 5.41) is 9.10. The van der Waals surface area contributed by atoms with Gasteiger partial charge in [-0.05, 0) is 25.3 Å². The molecule has 6 heteroatoms. The Kier molecular flexibility index (Phi) is 3.96. The van der Waals surface area contributed by atoms with Crippen molar-refractivity contribution in [2.24, 2.45) is 5.92 Å². The highest BCUT2D eigenvalue weighted by atomic mass is 16.6. The number of hydrogen-bond donors (Lipinski definition) is 1. The van der Waals surface area contributed by atoms with Gasteiger partial charge in [-0.3, -0.25) is 9.69 Å². The van der Waals surface area contributed by atoms with Crippen molar-refractivity contribution in [2.45, 2.75) is 12.8 Å². The number of rotatable bonds is 3. The Morgan fingerprint density at radius 2 is 2.29 bits per heavy atom. The minimum Gasteiger partial charge on any atom is -0.447 e.